The maximum atomic E-state index is 3.43. The van der Waals surface area contributed by atoms with E-state index in [4.69, 9.17) is 0 Å². The highest BCUT2D eigenvalue weighted by Gasteiger charge is 2.61. The summed E-state index contributed by atoms with van der Waals surface area (Å²) in [7, 11) is 6.86. The first-order chi connectivity index (χ1) is 11.2. The summed E-state index contributed by atoms with van der Waals surface area (Å²) < 4.78 is 0. The van der Waals surface area contributed by atoms with Crippen LogP contribution in [0.1, 0.15) is 109 Å². The van der Waals surface area contributed by atoms with E-state index >= 15 is 0 Å². The molecule has 0 N–H and O–H groups in total. The van der Waals surface area contributed by atoms with E-state index in [1.54, 1.807) is 0 Å². The lowest BCUT2D eigenvalue weighted by molar-refractivity contribution is -0.0332. The fraction of sp³-hybridized carbons (Fsp3) is 1.00. The average Bonchev–Trinajstić information content (AvgIpc) is 2.40. The van der Waals surface area contributed by atoms with Crippen molar-refractivity contribution < 1.29 is 0 Å². The third-order valence-electron chi connectivity index (χ3n) is 7.90. The van der Waals surface area contributed by atoms with Crippen molar-refractivity contribution in [3.63, 3.8) is 0 Å². The van der Waals surface area contributed by atoms with Gasteiger partial charge in [0.05, 0.1) is 0 Å². The van der Waals surface area contributed by atoms with Gasteiger partial charge in [0.2, 0.25) is 0 Å². The van der Waals surface area contributed by atoms with Crippen molar-refractivity contribution in [2.24, 2.45) is 33.5 Å². The normalized spacial score (nSPS) is 24.7. The topological polar surface area (TPSA) is 0 Å². The van der Waals surface area contributed by atoms with Gasteiger partial charge in [0.15, 0.2) is 0 Å². The van der Waals surface area contributed by atoms with Crippen molar-refractivity contribution in [1.29, 1.82) is 0 Å². The zero-order chi connectivity index (χ0) is 21.0. The van der Waals surface area contributed by atoms with E-state index < -0.39 is 0 Å². The highest BCUT2D eigenvalue weighted by Crippen LogP contribution is 2.66. The Kier molecular flexibility index (Phi) is 6.97. The van der Waals surface area contributed by atoms with Gasteiger partial charge in [-0.25, -0.2) is 0 Å². The largest absolute Gasteiger partial charge is 0.130 e. The van der Waals surface area contributed by atoms with Crippen LogP contribution in [0.5, 0.6) is 0 Å². The van der Waals surface area contributed by atoms with Crippen molar-refractivity contribution in [2.75, 3.05) is 0 Å². The van der Waals surface area contributed by atoms with Crippen LogP contribution in [0, 0.1) is 33.5 Å². The lowest BCUT2D eigenvalue weighted by Gasteiger charge is -2.65. The minimum absolute atomic E-state index is 0.212. The summed E-state index contributed by atoms with van der Waals surface area (Å²) in [6.45, 7) is 29.6. The molecule has 4 atom stereocenters. The van der Waals surface area contributed by atoms with Gasteiger partial charge in [-0.05, 0) is 56.6 Å². The third kappa shape index (κ3) is 3.95. The molecule has 1 fully saturated rings. The summed E-state index contributed by atoms with van der Waals surface area (Å²) in [5.41, 5.74) is 0.990. The molecule has 0 aromatic carbocycles. The van der Waals surface area contributed by atoms with Crippen molar-refractivity contribution in [2.45, 2.75) is 119 Å². The van der Waals surface area contributed by atoms with E-state index in [-0.39, 0.29) is 32.0 Å². The Hall–Kier alpha value is 0.860. The zero-order valence-corrected chi connectivity index (χ0v) is 22.4. The first kappa shape index (κ1) is 24.9. The van der Waals surface area contributed by atoms with Gasteiger partial charge in [-0.1, -0.05) is 95.9 Å². The third-order valence-corrected chi connectivity index (χ3v) is 12.2. The molecule has 0 heterocycles. The van der Waals surface area contributed by atoms with E-state index in [0.29, 0.717) is 0 Å². The molecule has 0 radical (unpaired) electrons. The van der Waals surface area contributed by atoms with Crippen LogP contribution in [0.25, 0.3) is 0 Å². The summed E-state index contributed by atoms with van der Waals surface area (Å²) in [5.74, 6) is 1.44. The minimum Gasteiger partial charge on any atom is -0.130 e. The molecule has 1 aliphatic carbocycles. The van der Waals surface area contributed by atoms with Crippen molar-refractivity contribution >= 4 is 18.5 Å². The molecule has 0 aromatic heterocycles. The Labute approximate surface area is 171 Å². The average molecular weight is 401 g/mol. The summed E-state index contributed by atoms with van der Waals surface area (Å²) >= 11 is 0. The molecule has 0 aromatic rings. The van der Waals surface area contributed by atoms with Crippen molar-refractivity contribution in [1.82, 2.24) is 0 Å². The number of hydrogen-bond acceptors (Lipinski definition) is 0. The van der Waals surface area contributed by atoms with Crippen LogP contribution in [0.4, 0.5) is 0 Å². The minimum atomic E-state index is 0.212. The molecule has 1 rings (SSSR count). The smallest absolute Gasteiger partial charge is 0.00226 e. The standard InChI is InChI=1S/C24H50P2/c1-19(2,3)23(25,20(4,5)6)17-15-13-14-16-18(17)24(26,21(7,8)9)22(10,11)12/h17-18H,13-16,25-26H2,1-12H3/t17-,18-/m0/s1. The number of rotatable bonds is 2. The molecule has 0 saturated heterocycles. The van der Waals surface area contributed by atoms with Gasteiger partial charge >= 0.3 is 0 Å². The molecule has 26 heavy (non-hydrogen) atoms. The summed E-state index contributed by atoms with van der Waals surface area (Å²) in [5, 5.41) is 0.423. The van der Waals surface area contributed by atoms with Crippen LogP contribution in [-0.4, -0.2) is 10.3 Å². The Balaban J connectivity index is 3.68. The Morgan fingerprint density at radius 3 is 0.808 bits per heavy atom. The van der Waals surface area contributed by atoms with E-state index in [0.717, 1.165) is 11.8 Å². The van der Waals surface area contributed by atoms with Crippen LogP contribution >= 0.6 is 18.5 Å². The zero-order valence-electron chi connectivity index (χ0n) is 20.1. The van der Waals surface area contributed by atoms with Crippen LogP contribution in [0.15, 0.2) is 0 Å². The lowest BCUT2D eigenvalue weighted by Crippen LogP contribution is -2.63. The molecule has 1 saturated carbocycles. The second-order valence-electron chi connectivity index (χ2n) is 13.2. The van der Waals surface area contributed by atoms with E-state index in [1.165, 1.54) is 25.7 Å². The van der Waals surface area contributed by atoms with Gasteiger partial charge in [-0.15, -0.1) is 18.5 Å². The first-order valence-electron chi connectivity index (χ1n) is 10.8. The van der Waals surface area contributed by atoms with Crippen LogP contribution in [-0.2, 0) is 0 Å². The first-order valence-corrected chi connectivity index (χ1v) is 12.0. The molecule has 2 unspecified atom stereocenters. The molecule has 156 valence electrons. The quantitative estimate of drug-likeness (QED) is 0.410. The number of hydrogen-bond donors (Lipinski definition) is 0. The molecule has 2 heteroatoms. The monoisotopic (exact) mass is 400 g/mol. The predicted molar refractivity (Wildman–Crippen MR) is 128 cm³/mol. The Bertz CT molecular complexity index is 402. The SMILES string of the molecule is CC(C)(C)C(P)([C@H]1CCCC[C@@H]1C(P)(C(C)(C)C)C(C)(C)C)C(C)(C)C. The van der Waals surface area contributed by atoms with Crippen molar-refractivity contribution in [3.05, 3.63) is 0 Å². The molecule has 0 aliphatic heterocycles. The molecule has 0 bridgehead atoms. The van der Waals surface area contributed by atoms with Crippen molar-refractivity contribution in [3.8, 4) is 0 Å². The van der Waals surface area contributed by atoms with Crippen LogP contribution in [0.2, 0.25) is 0 Å². The summed E-state index contributed by atoms with van der Waals surface area (Å²) in [4.78, 5) is 0. The van der Waals surface area contributed by atoms with E-state index in [2.05, 4.69) is 102 Å². The maximum absolute atomic E-state index is 3.43. The summed E-state index contributed by atoms with van der Waals surface area (Å²) in [6, 6.07) is 0. The molecule has 0 amide bonds. The lowest BCUT2D eigenvalue weighted by atomic mass is 9.48. The molecule has 0 spiro atoms. The molecule has 0 nitrogen and oxygen atoms in total. The molecular weight excluding hydrogens is 350 g/mol. The Morgan fingerprint density at radius 1 is 0.462 bits per heavy atom. The van der Waals surface area contributed by atoms with E-state index in [1.807, 2.05) is 0 Å². The van der Waals surface area contributed by atoms with Gasteiger partial charge in [-0.3, -0.25) is 0 Å². The maximum Gasteiger partial charge on any atom is -0.00226 e. The predicted octanol–water partition coefficient (Wildman–Crippen LogP) is 8.21. The molecule has 1 aliphatic rings. The van der Waals surface area contributed by atoms with Gasteiger partial charge in [0.1, 0.15) is 0 Å². The Morgan fingerprint density at radius 2 is 0.654 bits per heavy atom. The van der Waals surface area contributed by atoms with E-state index in [9.17, 15) is 0 Å². The highest BCUT2D eigenvalue weighted by molar-refractivity contribution is 7.19. The van der Waals surface area contributed by atoms with Gasteiger partial charge < -0.3 is 0 Å². The second kappa shape index (κ2) is 7.28. The van der Waals surface area contributed by atoms with Gasteiger partial charge in [0, 0.05) is 0 Å². The highest BCUT2D eigenvalue weighted by atomic mass is 31.0. The van der Waals surface area contributed by atoms with Crippen LogP contribution in [0.3, 0.4) is 0 Å². The van der Waals surface area contributed by atoms with Crippen LogP contribution < -0.4 is 0 Å². The summed E-state index contributed by atoms with van der Waals surface area (Å²) in [6.07, 6.45) is 5.51. The van der Waals surface area contributed by atoms with Gasteiger partial charge in [0.25, 0.3) is 0 Å². The fourth-order valence-electron chi connectivity index (χ4n) is 6.70. The second-order valence-corrected chi connectivity index (χ2v) is 15.1. The molecular formula is C24H50P2. The fourth-order valence-corrected chi connectivity index (χ4v) is 7.49. The van der Waals surface area contributed by atoms with Gasteiger partial charge in [-0.2, -0.15) is 0 Å².